The van der Waals surface area contributed by atoms with Crippen molar-refractivity contribution in [1.29, 1.82) is 0 Å². The molecule has 1 aromatic heterocycles. The Hall–Kier alpha value is -3.53. The van der Waals surface area contributed by atoms with Gasteiger partial charge in [-0.25, -0.2) is 4.68 Å². The van der Waals surface area contributed by atoms with Gasteiger partial charge in [-0.15, -0.1) is 5.10 Å². The SMILES string of the molecule is C[C@H]1[C@@H](CSc2nnnn2C)O[C@@H](c2cccc(NC(=O)[C@@H]3CCCN3C(=O)C(F)(F)F)c2)O[C@H]1c1ccc(CO)cc1. The van der Waals surface area contributed by atoms with Gasteiger partial charge in [0, 0.05) is 36.5 Å². The molecule has 2 saturated heterocycles. The second-order valence-corrected chi connectivity index (χ2v) is 11.5. The van der Waals surface area contributed by atoms with Crippen molar-refractivity contribution in [2.24, 2.45) is 13.0 Å². The summed E-state index contributed by atoms with van der Waals surface area (Å²) in [6, 6.07) is 13.0. The molecule has 3 heterocycles. The third-order valence-electron chi connectivity index (χ3n) is 7.57. The van der Waals surface area contributed by atoms with E-state index in [1.165, 1.54) is 11.8 Å². The minimum absolute atomic E-state index is 0.0837. The fourth-order valence-electron chi connectivity index (χ4n) is 5.24. The van der Waals surface area contributed by atoms with E-state index in [4.69, 9.17) is 9.47 Å². The molecule has 230 valence electrons. The first-order chi connectivity index (χ1) is 20.5. The number of benzene rings is 2. The van der Waals surface area contributed by atoms with Crippen LogP contribution in [0.3, 0.4) is 0 Å². The highest BCUT2D eigenvalue weighted by atomic mass is 32.2. The molecule has 5 rings (SSSR count). The van der Waals surface area contributed by atoms with Gasteiger partial charge in [0.1, 0.15) is 6.04 Å². The Balaban J connectivity index is 1.35. The van der Waals surface area contributed by atoms with Crippen LogP contribution in [0.25, 0.3) is 0 Å². The fourth-order valence-corrected chi connectivity index (χ4v) is 6.26. The molecule has 0 bridgehead atoms. The lowest BCUT2D eigenvalue weighted by molar-refractivity contribution is -0.268. The molecule has 0 radical (unpaired) electrons. The van der Waals surface area contributed by atoms with Crippen LogP contribution in [-0.4, -0.2) is 72.6 Å². The summed E-state index contributed by atoms with van der Waals surface area (Å²) in [6.45, 7) is 1.80. The second kappa shape index (κ2) is 13.0. The Bertz CT molecular complexity index is 1440. The van der Waals surface area contributed by atoms with E-state index in [0.29, 0.717) is 33.5 Å². The average molecular weight is 621 g/mol. The molecule has 0 aliphatic carbocycles. The lowest BCUT2D eigenvalue weighted by Crippen LogP contribution is -2.48. The zero-order valence-electron chi connectivity index (χ0n) is 23.4. The highest BCUT2D eigenvalue weighted by Crippen LogP contribution is 2.43. The largest absolute Gasteiger partial charge is 0.471 e. The topological polar surface area (TPSA) is 132 Å². The van der Waals surface area contributed by atoms with Crippen LogP contribution in [0.15, 0.2) is 53.7 Å². The van der Waals surface area contributed by atoms with E-state index in [1.54, 1.807) is 36.0 Å². The number of amides is 2. The number of thioether (sulfide) groups is 1. The molecular weight excluding hydrogens is 589 g/mol. The Kier molecular flexibility index (Phi) is 9.34. The molecule has 0 unspecified atom stereocenters. The molecule has 15 heteroatoms. The van der Waals surface area contributed by atoms with Crippen molar-refractivity contribution in [3.63, 3.8) is 0 Å². The van der Waals surface area contributed by atoms with Crippen molar-refractivity contribution in [1.82, 2.24) is 25.1 Å². The molecular formula is C28H31F3N6O5S. The predicted octanol–water partition coefficient (Wildman–Crippen LogP) is 3.78. The minimum atomic E-state index is -5.05. The van der Waals surface area contributed by atoms with Crippen LogP contribution < -0.4 is 5.32 Å². The van der Waals surface area contributed by atoms with E-state index in [1.807, 2.05) is 31.2 Å². The molecule has 2 aliphatic heterocycles. The first kappa shape index (κ1) is 30.9. The number of rotatable bonds is 8. The van der Waals surface area contributed by atoms with Gasteiger partial charge in [-0.2, -0.15) is 13.2 Å². The van der Waals surface area contributed by atoms with E-state index >= 15 is 0 Å². The van der Waals surface area contributed by atoms with Crippen molar-refractivity contribution in [2.45, 2.75) is 62.2 Å². The van der Waals surface area contributed by atoms with Gasteiger partial charge in [-0.3, -0.25) is 9.59 Å². The molecule has 11 nitrogen and oxygen atoms in total. The fraction of sp³-hybridized carbons (Fsp3) is 0.464. The molecule has 2 amide bonds. The van der Waals surface area contributed by atoms with Crippen molar-refractivity contribution < 1.29 is 37.3 Å². The number of tetrazole rings is 1. The number of likely N-dealkylation sites (tertiary alicyclic amines) is 1. The number of aliphatic hydroxyl groups is 1. The normalized spacial score (nSPS) is 24.2. The summed E-state index contributed by atoms with van der Waals surface area (Å²) in [4.78, 5) is 25.4. The molecule has 2 fully saturated rings. The van der Waals surface area contributed by atoms with Crippen molar-refractivity contribution in [2.75, 3.05) is 17.6 Å². The lowest BCUT2D eigenvalue weighted by atomic mass is 9.91. The number of ether oxygens (including phenoxy) is 2. The number of carbonyl (C=O) groups excluding carboxylic acids is 2. The van der Waals surface area contributed by atoms with E-state index < -0.39 is 30.3 Å². The zero-order chi connectivity index (χ0) is 30.7. The summed E-state index contributed by atoms with van der Waals surface area (Å²) >= 11 is 1.44. The summed E-state index contributed by atoms with van der Waals surface area (Å²) in [7, 11) is 1.74. The van der Waals surface area contributed by atoms with E-state index in [-0.39, 0.29) is 37.7 Å². The monoisotopic (exact) mass is 620 g/mol. The number of hydrogen-bond donors (Lipinski definition) is 2. The summed E-state index contributed by atoms with van der Waals surface area (Å²) in [6.07, 6.45) is -6.14. The minimum Gasteiger partial charge on any atom is -0.392 e. The lowest BCUT2D eigenvalue weighted by Gasteiger charge is -2.41. The summed E-state index contributed by atoms with van der Waals surface area (Å²) in [5, 5.41) is 24.3. The second-order valence-electron chi connectivity index (χ2n) is 10.5. The van der Waals surface area contributed by atoms with Crippen LogP contribution >= 0.6 is 11.8 Å². The van der Waals surface area contributed by atoms with Gasteiger partial charge in [0.2, 0.25) is 11.1 Å². The molecule has 2 aromatic carbocycles. The molecule has 0 saturated carbocycles. The average Bonchev–Trinajstić information content (AvgIpc) is 3.65. The Morgan fingerprint density at radius 2 is 1.91 bits per heavy atom. The van der Waals surface area contributed by atoms with Crippen LogP contribution in [0.5, 0.6) is 0 Å². The van der Waals surface area contributed by atoms with Gasteiger partial charge in [0.15, 0.2) is 6.29 Å². The van der Waals surface area contributed by atoms with Crippen LogP contribution in [0, 0.1) is 5.92 Å². The number of anilines is 1. The zero-order valence-corrected chi connectivity index (χ0v) is 24.2. The molecule has 2 N–H and O–H groups in total. The smallest absolute Gasteiger partial charge is 0.392 e. The first-order valence-corrected chi connectivity index (χ1v) is 14.7. The van der Waals surface area contributed by atoms with Gasteiger partial charge < -0.3 is 24.8 Å². The summed E-state index contributed by atoms with van der Waals surface area (Å²) < 4.78 is 53.6. The van der Waals surface area contributed by atoms with Crippen molar-refractivity contribution >= 4 is 29.3 Å². The molecule has 3 aromatic rings. The number of nitrogens with one attached hydrogen (secondary N) is 1. The Morgan fingerprint density at radius 3 is 2.58 bits per heavy atom. The molecule has 0 spiro atoms. The number of carbonyl (C=O) groups is 2. The summed E-state index contributed by atoms with van der Waals surface area (Å²) in [5.41, 5.74) is 2.59. The van der Waals surface area contributed by atoms with E-state index in [9.17, 15) is 27.9 Å². The van der Waals surface area contributed by atoms with Crippen LogP contribution in [0.4, 0.5) is 18.9 Å². The number of aryl methyl sites for hydroxylation is 1. The first-order valence-electron chi connectivity index (χ1n) is 13.7. The van der Waals surface area contributed by atoms with Gasteiger partial charge in [-0.1, -0.05) is 55.1 Å². The molecule has 2 aliphatic rings. The number of nitrogens with zero attached hydrogens (tertiary/aromatic N) is 5. The molecule has 5 atom stereocenters. The maximum absolute atomic E-state index is 13.1. The number of halogens is 3. The van der Waals surface area contributed by atoms with Crippen LogP contribution in [0.2, 0.25) is 0 Å². The Morgan fingerprint density at radius 1 is 1.14 bits per heavy atom. The number of aliphatic hydroxyl groups excluding tert-OH is 1. The highest BCUT2D eigenvalue weighted by Gasteiger charge is 2.47. The van der Waals surface area contributed by atoms with Gasteiger partial charge >= 0.3 is 12.1 Å². The van der Waals surface area contributed by atoms with Crippen molar-refractivity contribution in [3.8, 4) is 0 Å². The third kappa shape index (κ3) is 7.00. The summed E-state index contributed by atoms with van der Waals surface area (Å²) in [5.74, 6) is -2.29. The number of aromatic nitrogens is 4. The molecule has 43 heavy (non-hydrogen) atoms. The van der Waals surface area contributed by atoms with Gasteiger partial charge in [0.25, 0.3) is 0 Å². The van der Waals surface area contributed by atoms with Crippen molar-refractivity contribution in [3.05, 3.63) is 65.2 Å². The van der Waals surface area contributed by atoms with Gasteiger partial charge in [-0.05, 0) is 46.5 Å². The standard InChI is InChI=1S/C28H31F3N6O5S/c1-16-22(15-43-27-33-34-35-36(27)2)41-25(42-23(16)18-10-8-17(14-38)9-11-18)19-5-3-6-20(13-19)32-24(39)21-7-4-12-37(21)26(40)28(29,30)31/h3,5-6,8-11,13,16,21-23,25,38H,4,7,12,14-15H2,1-2H3,(H,32,39)/t16-,21-,22+,23+,25+/m0/s1. The number of alkyl halides is 3. The predicted molar refractivity (Wildman–Crippen MR) is 148 cm³/mol. The van der Waals surface area contributed by atoms with E-state index in [2.05, 4.69) is 20.8 Å². The van der Waals surface area contributed by atoms with Crippen LogP contribution in [-0.2, 0) is 32.7 Å². The quantitative estimate of drug-likeness (QED) is 0.361. The highest BCUT2D eigenvalue weighted by molar-refractivity contribution is 7.99. The van der Waals surface area contributed by atoms with Gasteiger partial charge in [0.05, 0.1) is 18.8 Å². The third-order valence-corrected chi connectivity index (χ3v) is 8.67. The Labute approximate surface area is 249 Å². The van der Waals surface area contributed by atoms with Crippen LogP contribution in [0.1, 0.15) is 48.8 Å². The number of hydrogen-bond acceptors (Lipinski definition) is 9. The van der Waals surface area contributed by atoms with E-state index in [0.717, 1.165) is 11.1 Å². The maximum atomic E-state index is 13.1. The maximum Gasteiger partial charge on any atom is 0.471 e.